The molecular weight excluding hydrogens is 278 g/mol. The molecule has 1 N–H and O–H groups in total. The van der Waals surface area contributed by atoms with Gasteiger partial charge in [-0.1, -0.05) is 0 Å². The number of nitrogens with one attached hydrogen (secondary N) is 1. The lowest BCUT2D eigenvalue weighted by molar-refractivity contribution is -0.153. The normalized spacial score (nSPS) is 40.6. The molecule has 4 fully saturated rings. The standard InChI is InChI=1S/C14H23NO4S/c1-19-13(16)12(15-20(2,17)18)14-6-9-3-10(7-14)5-11(4-9)8-14/h9-12,15H,3-8H2,1-2H3/t9?,10?,11?,12-,14?/m0/s1. The third-order valence-corrected chi connectivity index (χ3v) is 6.13. The maximum Gasteiger partial charge on any atom is 0.324 e. The van der Waals surface area contributed by atoms with Crippen LogP contribution in [0, 0.1) is 23.2 Å². The van der Waals surface area contributed by atoms with Crippen LogP contribution in [-0.4, -0.2) is 33.8 Å². The van der Waals surface area contributed by atoms with E-state index < -0.39 is 22.0 Å². The first-order valence-corrected chi connectivity index (χ1v) is 9.25. The largest absolute Gasteiger partial charge is 0.468 e. The molecule has 4 saturated carbocycles. The van der Waals surface area contributed by atoms with Crippen molar-refractivity contribution in [2.45, 2.75) is 44.6 Å². The number of esters is 1. The molecule has 0 saturated heterocycles. The lowest BCUT2D eigenvalue weighted by atomic mass is 9.48. The lowest BCUT2D eigenvalue weighted by Gasteiger charge is -2.58. The van der Waals surface area contributed by atoms with Gasteiger partial charge < -0.3 is 4.74 Å². The highest BCUT2D eigenvalue weighted by atomic mass is 32.2. The third kappa shape index (κ3) is 2.48. The topological polar surface area (TPSA) is 72.5 Å². The number of hydrogen-bond acceptors (Lipinski definition) is 4. The summed E-state index contributed by atoms with van der Waals surface area (Å²) >= 11 is 0. The van der Waals surface area contributed by atoms with Crippen LogP contribution >= 0.6 is 0 Å². The quantitative estimate of drug-likeness (QED) is 0.794. The molecule has 1 atom stereocenters. The Morgan fingerprint density at radius 2 is 1.60 bits per heavy atom. The smallest absolute Gasteiger partial charge is 0.324 e. The molecule has 4 rings (SSSR count). The van der Waals surface area contributed by atoms with Crippen LogP contribution in [0.1, 0.15) is 38.5 Å². The maximum atomic E-state index is 12.2. The highest BCUT2D eigenvalue weighted by Crippen LogP contribution is 2.61. The molecule has 0 radical (unpaired) electrons. The fourth-order valence-electron chi connectivity index (χ4n) is 5.29. The first kappa shape index (κ1) is 14.3. The van der Waals surface area contributed by atoms with E-state index in [1.807, 2.05) is 0 Å². The van der Waals surface area contributed by atoms with Crippen molar-refractivity contribution in [3.63, 3.8) is 0 Å². The van der Waals surface area contributed by atoms with Crippen molar-refractivity contribution in [2.24, 2.45) is 23.2 Å². The number of hydrogen-bond donors (Lipinski definition) is 1. The van der Waals surface area contributed by atoms with Crippen molar-refractivity contribution in [1.82, 2.24) is 4.72 Å². The van der Waals surface area contributed by atoms with E-state index in [-0.39, 0.29) is 5.41 Å². The van der Waals surface area contributed by atoms with Gasteiger partial charge in [-0.25, -0.2) is 13.1 Å². The van der Waals surface area contributed by atoms with E-state index >= 15 is 0 Å². The number of rotatable bonds is 4. The van der Waals surface area contributed by atoms with E-state index in [1.165, 1.54) is 26.4 Å². The summed E-state index contributed by atoms with van der Waals surface area (Å²) in [5.74, 6) is 1.55. The van der Waals surface area contributed by atoms with Gasteiger partial charge in [0.15, 0.2) is 0 Å². The summed E-state index contributed by atoms with van der Waals surface area (Å²) in [4.78, 5) is 12.2. The fraction of sp³-hybridized carbons (Fsp3) is 0.929. The predicted molar refractivity (Wildman–Crippen MR) is 74.4 cm³/mol. The van der Waals surface area contributed by atoms with Crippen LogP contribution in [0.15, 0.2) is 0 Å². The van der Waals surface area contributed by atoms with Crippen molar-refractivity contribution in [3.05, 3.63) is 0 Å². The van der Waals surface area contributed by atoms with Crippen molar-refractivity contribution < 1.29 is 17.9 Å². The molecule has 0 aromatic heterocycles. The minimum atomic E-state index is -3.42. The average molecular weight is 301 g/mol. The Kier molecular flexibility index (Phi) is 3.36. The van der Waals surface area contributed by atoms with Crippen LogP contribution in [-0.2, 0) is 19.6 Å². The van der Waals surface area contributed by atoms with Crippen molar-refractivity contribution in [3.8, 4) is 0 Å². The van der Waals surface area contributed by atoms with Crippen LogP contribution in [0.25, 0.3) is 0 Å². The van der Waals surface area contributed by atoms with E-state index in [0.29, 0.717) is 17.8 Å². The van der Waals surface area contributed by atoms with Gasteiger partial charge in [0.05, 0.1) is 13.4 Å². The number of sulfonamides is 1. The van der Waals surface area contributed by atoms with Crippen molar-refractivity contribution in [1.29, 1.82) is 0 Å². The second-order valence-electron chi connectivity index (χ2n) is 7.13. The number of carbonyl (C=O) groups excluding carboxylic acids is 1. The molecule has 0 spiro atoms. The first-order chi connectivity index (χ1) is 9.31. The van der Waals surface area contributed by atoms with Gasteiger partial charge in [-0.05, 0) is 61.7 Å². The summed E-state index contributed by atoms with van der Waals surface area (Å²) in [6, 6.07) is -0.712. The minimum absolute atomic E-state index is 0.217. The van der Waals surface area contributed by atoms with Gasteiger partial charge in [-0.2, -0.15) is 0 Å². The Labute approximate surface area is 120 Å². The molecule has 114 valence electrons. The Bertz CT molecular complexity index is 478. The van der Waals surface area contributed by atoms with Gasteiger partial charge in [0.2, 0.25) is 10.0 Å². The van der Waals surface area contributed by atoms with Gasteiger partial charge in [-0.3, -0.25) is 4.79 Å². The van der Waals surface area contributed by atoms with E-state index in [0.717, 1.165) is 25.5 Å². The summed E-state index contributed by atoms with van der Waals surface area (Å²) < 4.78 is 30.7. The molecule has 4 bridgehead atoms. The minimum Gasteiger partial charge on any atom is -0.468 e. The van der Waals surface area contributed by atoms with Gasteiger partial charge in [-0.15, -0.1) is 0 Å². The van der Waals surface area contributed by atoms with Crippen LogP contribution < -0.4 is 4.72 Å². The van der Waals surface area contributed by atoms with E-state index in [9.17, 15) is 13.2 Å². The molecule has 0 heterocycles. The molecule has 6 heteroatoms. The van der Waals surface area contributed by atoms with Crippen molar-refractivity contribution in [2.75, 3.05) is 13.4 Å². The monoisotopic (exact) mass is 301 g/mol. The molecule has 4 aliphatic carbocycles. The first-order valence-electron chi connectivity index (χ1n) is 7.36. The molecule has 0 unspecified atom stereocenters. The van der Waals surface area contributed by atoms with E-state index in [4.69, 9.17) is 4.74 Å². The fourth-order valence-corrected chi connectivity index (χ4v) is 6.06. The number of carbonyl (C=O) groups is 1. The summed E-state index contributed by atoms with van der Waals surface area (Å²) in [7, 11) is -2.09. The Hall–Kier alpha value is -0.620. The maximum absolute atomic E-state index is 12.2. The van der Waals surface area contributed by atoms with Crippen LogP contribution in [0.5, 0.6) is 0 Å². The molecule has 0 aromatic carbocycles. The van der Waals surface area contributed by atoms with Crippen LogP contribution in [0.3, 0.4) is 0 Å². The highest BCUT2D eigenvalue weighted by molar-refractivity contribution is 7.88. The van der Waals surface area contributed by atoms with Crippen molar-refractivity contribution >= 4 is 16.0 Å². The molecule has 0 aromatic rings. The van der Waals surface area contributed by atoms with Crippen LogP contribution in [0.4, 0.5) is 0 Å². The van der Waals surface area contributed by atoms with Gasteiger partial charge in [0.25, 0.3) is 0 Å². The summed E-state index contributed by atoms with van der Waals surface area (Å²) in [5.41, 5.74) is -0.217. The zero-order chi connectivity index (χ0) is 14.5. The van der Waals surface area contributed by atoms with Gasteiger partial charge in [0, 0.05) is 0 Å². The average Bonchev–Trinajstić information content (AvgIpc) is 2.32. The summed E-state index contributed by atoms with van der Waals surface area (Å²) in [5, 5.41) is 0. The molecule has 0 amide bonds. The zero-order valence-electron chi connectivity index (χ0n) is 12.1. The van der Waals surface area contributed by atoms with Gasteiger partial charge in [0.1, 0.15) is 6.04 Å². The lowest BCUT2D eigenvalue weighted by Crippen LogP contribution is -2.59. The van der Waals surface area contributed by atoms with Crippen LogP contribution in [0.2, 0.25) is 0 Å². The molecular formula is C14H23NO4S. The summed E-state index contributed by atoms with van der Waals surface area (Å²) in [6.45, 7) is 0. The summed E-state index contributed by atoms with van der Waals surface area (Å²) in [6.07, 6.45) is 7.76. The Morgan fingerprint density at radius 1 is 1.15 bits per heavy atom. The Balaban J connectivity index is 1.92. The molecule has 0 aliphatic heterocycles. The third-order valence-electron chi connectivity index (χ3n) is 5.47. The molecule has 4 aliphatic rings. The zero-order valence-corrected chi connectivity index (χ0v) is 12.9. The van der Waals surface area contributed by atoms with E-state index in [1.54, 1.807) is 0 Å². The second kappa shape index (κ2) is 4.70. The molecule has 20 heavy (non-hydrogen) atoms. The SMILES string of the molecule is COC(=O)[C@H](NS(C)(=O)=O)C12CC3CC(CC(C3)C1)C2. The molecule has 5 nitrogen and oxygen atoms in total. The van der Waals surface area contributed by atoms with Gasteiger partial charge >= 0.3 is 5.97 Å². The number of ether oxygens (including phenoxy) is 1. The number of methoxy groups -OCH3 is 1. The Morgan fingerprint density at radius 3 is 1.95 bits per heavy atom. The predicted octanol–water partition coefficient (Wildman–Crippen LogP) is 1.29. The highest BCUT2D eigenvalue weighted by Gasteiger charge is 2.56. The second-order valence-corrected chi connectivity index (χ2v) is 8.91. The van der Waals surface area contributed by atoms with E-state index in [2.05, 4.69) is 4.72 Å².